The molecule has 4 aromatic heterocycles. The Morgan fingerprint density at radius 2 is 2.05 bits per heavy atom. The van der Waals surface area contributed by atoms with Crippen molar-refractivity contribution in [3.63, 3.8) is 0 Å². The summed E-state index contributed by atoms with van der Waals surface area (Å²) in [4.78, 5) is 28.1. The molecule has 1 atom stereocenters. The predicted molar refractivity (Wildman–Crippen MR) is 132 cm³/mol. The molecule has 192 valence electrons. The summed E-state index contributed by atoms with van der Waals surface area (Å²) < 4.78 is 7.61. The molecule has 0 radical (unpaired) electrons. The van der Waals surface area contributed by atoms with Gasteiger partial charge < -0.3 is 14.7 Å². The van der Waals surface area contributed by atoms with Crippen LogP contribution in [-0.4, -0.2) is 69.1 Å². The number of anilines is 1. The van der Waals surface area contributed by atoms with Gasteiger partial charge in [0.1, 0.15) is 24.3 Å². The average Bonchev–Trinajstić information content (AvgIpc) is 3.57. The molecule has 5 heterocycles. The highest BCUT2D eigenvalue weighted by atomic mass is 16.5. The molecule has 0 bridgehead atoms. The zero-order chi connectivity index (χ0) is 25.8. The van der Waals surface area contributed by atoms with Gasteiger partial charge in [-0.1, -0.05) is 12.1 Å². The van der Waals surface area contributed by atoms with Gasteiger partial charge in [-0.05, 0) is 37.3 Å². The standard InChI is InChI=1S/C24H28N10O3/c1-3-17-19(33-10-4-5-16(13-33)11-23(35)36)7-6-18(29-17)24-20(32(2)31-30-24)14-37-22-12-21(25-15-26-22)34-27-8-9-28-34/h6-9,12,15-16H,3-5,10-11,13-14H2,1-2H3,(H,35,36)/t16-/m1/s1. The summed E-state index contributed by atoms with van der Waals surface area (Å²) in [6, 6.07) is 5.65. The van der Waals surface area contributed by atoms with Gasteiger partial charge in [0.05, 0.1) is 29.5 Å². The third-order valence-electron chi connectivity index (χ3n) is 6.40. The summed E-state index contributed by atoms with van der Waals surface area (Å²) in [5.41, 5.74) is 4.07. The molecule has 5 rings (SSSR count). The number of carboxylic acids is 1. The summed E-state index contributed by atoms with van der Waals surface area (Å²) in [6.45, 7) is 3.86. The summed E-state index contributed by atoms with van der Waals surface area (Å²) in [6.07, 6.45) is 7.36. The van der Waals surface area contributed by atoms with Crippen LogP contribution >= 0.6 is 0 Å². The van der Waals surface area contributed by atoms with Gasteiger partial charge in [-0.15, -0.1) is 9.90 Å². The first-order valence-electron chi connectivity index (χ1n) is 12.2. The SMILES string of the molecule is CCc1nc(-c2nnn(C)c2COc2cc(-n3nccn3)ncn2)ccc1N1CCC[C@H](CC(=O)O)C1. The van der Waals surface area contributed by atoms with Gasteiger partial charge in [0.15, 0.2) is 5.82 Å². The van der Waals surface area contributed by atoms with Gasteiger partial charge in [0.25, 0.3) is 0 Å². The van der Waals surface area contributed by atoms with Gasteiger partial charge >= 0.3 is 5.97 Å². The van der Waals surface area contributed by atoms with Gasteiger partial charge in [-0.2, -0.15) is 10.2 Å². The number of rotatable bonds is 9. The van der Waals surface area contributed by atoms with Gasteiger partial charge in [-0.25, -0.2) is 19.6 Å². The van der Waals surface area contributed by atoms with Crippen molar-refractivity contribution in [1.82, 2.24) is 44.9 Å². The van der Waals surface area contributed by atoms with Crippen molar-refractivity contribution in [2.75, 3.05) is 18.0 Å². The normalized spacial score (nSPS) is 15.6. The summed E-state index contributed by atoms with van der Waals surface area (Å²) in [5.74, 6) is 0.259. The molecule has 4 aromatic rings. The van der Waals surface area contributed by atoms with E-state index in [9.17, 15) is 9.90 Å². The first kappa shape index (κ1) is 24.3. The molecular formula is C24H28N10O3. The minimum Gasteiger partial charge on any atom is -0.481 e. The van der Waals surface area contributed by atoms with E-state index in [1.807, 2.05) is 6.07 Å². The topological polar surface area (TPSA) is 150 Å². The second-order valence-corrected chi connectivity index (χ2v) is 8.90. The molecule has 1 aliphatic rings. The van der Waals surface area contributed by atoms with Gasteiger partial charge in [0.2, 0.25) is 5.88 Å². The van der Waals surface area contributed by atoms with Crippen LogP contribution in [0.1, 0.15) is 37.6 Å². The molecule has 37 heavy (non-hydrogen) atoms. The molecule has 1 fully saturated rings. The fourth-order valence-electron chi connectivity index (χ4n) is 4.60. The van der Waals surface area contributed by atoms with E-state index in [-0.39, 0.29) is 18.9 Å². The number of nitrogens with zero attached hydrogens (tertiary/aromatic N) is 10. The Labute approximate surface area is 213 Å². The lowest BCUT2D eigenvalue weighted by Gasteiger charge is -2.34. The lowest BCUT2D eigenvalue weighted by atomic mass is 9.94. The molecule has 0 aliphatic carbocycles. The van der Waals surface area contributed by atoms with Crippen LogP contribution in [0.5, 0.6) is 5.88 Å². The van der Waals surface area contributed by atoms with Crippen LogP contribution in [0.3, 0.4) is 0 Å². The Hall–Kier alpha value is -4.42. The van der Waals surface area contributed by atoms with Crippen LogP contribution in [-0.2, 0) is 24.9 Å². The molecule has 13 heteroatoms. The third kappa shape index (κ3) is 5.39. The Kier molecular flexibility index (Phi) is 7.01. The van der Waals surface area contributed by atoms with Crippen LogP contribution in [0, 0.1) is 5.92 Å². The first-order valence-corrected chi connectivity index (χ1v) is 12.2. The lowest BCUT2D eigenvalue weighted by molar-refractivity contribution is -0.138. The third-order valence-corrected chi connectivity index (χ3v) is 6.40. The molecule has 1 N–H and O–H groups in total. The van der Waals surface area contributed by atoms with Crippen molar-refractivity contribution in [2.45, 2.75) is 39.2 Å². The minimum atomic E-state index is -0.746. The maximum Gasteiger partial charge on any atom is 0.303 e. The molecule has 0 aromatic carbocycles. The number of piperidine rings is 1. The lowest BCUT2D eigenvalue weighted by Crippen LogP contribution is -2.37. The van der Waals surface area contributed by atoms with Crippen LogP contribution in [0.15, 0.2) is 36.9 Å². The Morgan fingerprint density at radius 1 is 1.22 bits per heavy atom. The van der Waals surface area contributed by atoms with E-state index in [0.717, 1.165) is 49.4 Å². The van der Waals surface area contributed by atoms with Crippen molar-refractivity contribution in [3.8, 4) is 23.1 Å². The highest BCUT2D eigenvalue weighted by Crippen LogP contribution is 2.30. The largest absolute Gasteiger partial charge is 0.481 e. The highest BCUT2D eigenvalue weighted by molar-refractivity contribution is 5.67. The number of carboxylic acid groups (broad SMARTS) is 1. The smallest absolute Gasteiger partial charge is 0.303 e. The molecule has 13 nitrogen and oxygen atoms in total. The molecule has 0 unspecified atom stereocenters. The van der Waals surface area contributed by atoms with E-state index < -0.39 is 5.97 Å². The van der Waals surface area contributed by atoms with Gasteiger partial charge in [0, 0.05) is 32.6 Å². The number of aliphatic carboxylic acids is 1. The molecule has 1 saturated heterocycles. The van der Waals surface area contributed by atoms with E-state index in [1.54, 1.807) is 30.2 Å². The van der Waals surface area contributed by atoms with Gasteiger partial charge in [-0.3, -0.25) is 4.79 Å². The fourth-order valence-corrected chi connectivity index (χ4v) is 4.60. The molecule has 0 spiro atoms. The molecule has 0 amide bonds. The number of pyridine rings is 1. The minimum absolute atomic E-state index is 0.144. The van der Waals surface area contributed by atoms with E-state index in [0.29, 0.717) is 23.1 Å². The highest BCUT2D eigenvalue weighted by Gasteiger charge is 2.25. The van der Waals surface area contributed by atoms with E-state index >= 15 is 0 Å². The Morgan fingerprint density at radius 3 is 2.84 bits per heavy atom. The zero-order valence-corrected chi connectivity index (χ0v) is 20.7. The molecular weight excluding hydrogens is 476 g/mol. The summed E-state index contributed by atoms with van der Waals surface area (Å²) in [5, 5.41) is 25.9. The van der Waals surface area contributed by atoms with E-state index in [4.69, 9.17) is 9.72 Å². The second kappa shape index (κ2) is 10.7. The van der Waals surface area contributed by atoms with Crippen LogP contribution in [0.4, 0.5) is 5.69 Å². The Balaban J connectivity index is 1.35. The maximum atomic E-state index is 11.2. The number of carbonyl (C=O) groups is 1. The number of ether oxygens (including phenoxy) is 1. The Bertz CT molecular complexity index is 1370. The molecule has 0 saturated carbocycles. The summed E-state index contributed by atoms with van der Waals surface area (Å²) in [7, 11) is 1.81. The van der Waals surface area contributed by atoms with E-state index in [2.05, 4.69) is 48.4 Å². The quantitative estimate of drug-likeness (QED) is 0.357. The van der Waals surface area contributed by atoms with Crippen molar-refractivity contribution in [3.05, 3.63) is 48.3 Å². The number of aryl methyl sites for hydroxylation is 2. The maximum absolute atomic E-state index is 11.2. The zero-order valence-electron chi connectivity index (χ0n) is 20.7. The van der Waals surface area contributed by atoms with Crippen molar-refractivity contribution in [1.29, 1.82) is 0 Å². The number of hydrogen-bond acceptors (Lipinski definition) is 10. The average molecular weight is 505 g/mol. The summed E-state index contributed by atoms with van der Waals surface area (Å²) >= 11 is 0. The van der Waals surface area contributed by atoms with Crippen LogP contribution in [0.2, 0.25) is 0 Å². The second-order valence-electron chi connectivity index (χ2n) is 8.90. The fraction of sp³-hybridized carbons (Fsp3) is 0.417. The van der Waals surface area contributed by atoms with Crippen molar-refractivity contribution >= 4 is 11.7 Å². The predicted octanol–water partition coefficient (Wildman–Crippen LogP) is 2.08. The monoisotopic (exact) mass is 504 g/mol. The first-order chi connectivity index (χ1) is 18.0. The van der Waals surface area contributed by atoms with Crippen LogP contribution < -0.4 is 9.64 Å². The van der Waals surface area contributed by atoms with E-state index in [1.165, 1.54) is 11.1 Å². The number of aromatic nitrogens is 9. The van der Waals surface area contributed by atoms with Crippen LogP contribution in [0.25, 0.3) is 17.2 Å². The van der Waals surface area contributed by atoms with Crippen molar-refractivity contribution in [2.24, 2.45) is 13.0 Å². The number of hydrogen-bond donors (Lipinski definition) is 1. The molecule has 1 aliphatic heterocycles. The van der Waals surface area contributed by atoms with Crippen molar-refractivity contribution < 1.29 is 14.6 Å².